The lowest BCUT2D eigenvalue weighted by Gasteiger charge is -2.12. The van der Waals surface area contributed by atoms with Crippen LogP contribution in [0.3, 0.4) is 0 Å². The lowest BCUT2D eigenvalue weighted by Crippen LogP contribution is -2.37. The second kappa shape index (κ2) is 9.43. The molecule has 0 aliphatic heterocycles. The Labute approximate surface area is 187 Å². The average Bonchev–Trinajstić information content (AvgIpc) is 3.16. The van der Waals surface area contributed by atoms with Crippen LogP contribution in [-0.4, -0.2) is 33.4 Å². The van der Waals surface area contributed by atoms with Gasteiger partial charge in [-0.15, -0.1) is 0 Å². The largest absolute Gasteiger partial charge is 0.361 e. The zero-order chi connectivity index (χ0) is 22.5. The number of guanidine groups is 1. The highest BCUT2D eigenvalue weighted by Crippen LogP contribution is 2.18. The summed E-state index contributed by atoms with van der Waals surface area (Å²) >= 11 is 0. The smallest absolute Gasteiger partial charge is 0.257 e. The van der Waals surface area contributed by atoms with Crippen molar-refractivity contribution in [2.24, 2.45) is 4.99 Å². The number of anilines is 1. The number of para-hydroxylation sites is 1. The molecule has 0 bridgehead atoms. The number of amides is 1. The van der Waals surface area contributed by atoms with Crippen LogP contribution in [0.2, 0.25) is 0 Å². The highest BCUT2D eigenvalue weighted by molar-refractivity contribution is 6.09. The van der Waals surface area contributed by atoms with Gasteiger partial charge in [0.25, 0.3) is 5.91 Å². The number of benzene rings is 2. The van der Waals surface area contributed by atoms with Crippen LogP contribution in [0.15, 0.2) is 65.8 Å². The highest BCUT2D eigenvalue weighted by Gasteiger charge is 2.11. The Bertz CT molecular complexity index is 1250. The Morgan fingerprint density at radius 1 is 1.00 bits per heavy atom. The molecule has 2 aromatic heterocycles. The molecule has 7 nitrogen and oxygen atoms in total. The summed E-state index contributed by atoms with van der Waals surface area (Å²) in [6.07, 6.45) is 2.73. The van der Waals surface area contributed by atoms with Gasteiger partial charge in [0.15, 0.2) is 0 Å². The van der Waals surface area contributed by atoms with E-state index in [1.807, 2.05) is 63.4 Å². The molecular weight excluding hydrogens is 400 g/mol. The molecule has 2 heterocycles. The van der Waals surface area contributed by atoms with Crippen LogP contribution < -0.4 is 10.6 Å². The number of H-pyrrole nitrogens is 1. The summed E-state index contributed by atoms with van der Waals surface area (Å²) < 4.78 is 0. The van der Waals surface area contributed by atoms with Crippen LogP contribution in [0.4, 0.5) is 5.95 Å². The van der Waals surface area contributed by atoms with Crippen molar-refractivity contribution in [3.8, 4) is 0 Å². The first-order valence-electron chi connectivity index (χ1n) is 10.5. The van der Waals surface area contributed by atoms with Crippen molar-refractivity contribution in [1.29, 1.82) is 0 Å². The van der Waals surface area contributed by atoms with Crippen molar-refractivity contribution in [2.75, 3.05) is 11.9 Å². The number of aromatic amines is 1. The van der Waals surface area contributed by atoms with Crippen LogP contribution in [0.25, 0.3) is 10.9 Å². The minimum absolute atomic E-state index is 0.243. The number of aryl methyl sites for hydroxylation is 3. The molecule has 0 spiro atoms. The normalized spacial score (nSPS) is 11.5. The van der Waals surface area contributed by atoms with Gasteiger partial charge >= 0.3 is 0 Å². The lowest BCUT2D eigenvalue weighted by atomic mass is 10.1. The average molecular weight is 427 g/mol. The molecular formula is C25H26N6O. The molecule has 0 saturated carbocycles. The molecule has 0 aliphatic rings. The molecule has 4 aromatic rings. The van der Waals surface area contributed by atoms with E-state index in [1.165, 1.54) is 10.9 Å². The Hall–Kier alpha value is -4.00. The molecule has 0 saturated heterocycles. The number of aliphatic imine (C=N–C) groups is 1. The van der Waals surface area contributed by atoms with Gasteiger partial charge in [0.1, 0.15) is 0 Å². The molecule has 0 aliphatic carbocycles. The number of nitrogens with one attached hydrogen (secondary N) is 3. The summed E-state index contributed by atoms with van der Waals surface area (Å²) in [5, 5.41) is 7.13. The van der Waals surface area contributed by atoms with Crippen LogP contribution in [0.1, 0.15) is 32.9 Å². The van der Waals surface area contributed by atoms with Crippen molar-refractivity contribution >= 4 is 28.7 Å². The third-order valence-electron chi connectivity index (χ3n) is 5.08. The molecule has 1 amide bonds. The maximum atomic E-state index is 12.8. The summed E-state index contributed by atoms with van der Waals surface area (Å²) in [5.74, 6) is 0.477. The second-order valence-electron chi connectivity index (χ2n) is 7.76. The molecule has 4 rings (SSSR count). The summed E-state index contributed by atoms with van der Waals surface area (Å²) in [7, 11) is 0. The molecule has 3 N–H and O–H groups in total. The second-order valence-corrected chi connectivity index (χ2v) is 7.76. The molecule has 0 atom stereocenters. The molecule has 2 aromatic carbocycles. The number of carbonyl (C=O) groups excluding carboxylic acids is 1. The van der Waals surface area contributed by atoms with E-state index in [2.05, 4.69) is 36.6 Å². The summed E-state index contributed by atoms with van der Waals surface area (Å²) in [6.45, 7) is 6.28. The van der Waals surface area contributed by atoms with E-state index >= 15 is 0 Å². The van der Waals surface area contributed by atoms with Gasteiger partial charge in [-0.25, -0.2) is 9.97 Å². The van der Waals surface area contributed by atoms with Crippen molar-refractivity contribution in [1.82, 2.24) is 20.3 Å². The summed E-state index contributed by atoms with van der Waals surface area (Å²) in [5.41, 5.74) is 5.60. The van der Waals surface area contributed by atoms with Crippen LogP contribution in [0, 0.1) is 20.8 Å². The van der Waals surface area contributed by atoms with Crippen LogP contribution in [-0.2, 0) is 6.42 Å². The minimum Gasteiger partial charge on any atom is -0.361 e. The predicted molar refractivity (Wildman–Crippen MR) is 128 cm³/mol. The number of hydrogen-bond acceptors (Lipinski definition) is 4. The van der Waals surface area contributed by atoms with Gasteiger partial charge in [-0.2, -0.15) is 0 Å². The molecule has 7 heteroatoms. The molecule has 0 radical (unpaired) electrons. The molecule has 32 heavy (non-hydrogen) atoms. The quantitative estimate of drug-likeness (QED) is 0.327. The van der Waals surface area contributed by atoms with Crippen LogP contribution in [0.5, 0.6) is 0 Å². The van der Waals surface area contributed by atoms with Gasteiger partial charge in [-0.05, 0) is 57.0 Å². The fourth-order valence-corrected chi connectivity index (χ4v) is 3.51. The predicted octanol–water partition coefficient (Wildman–Crippen LogP) is 4.32. The maximum Gasteiger partial charge on any atom is 0.257 e. The Morgan fingerprint density at radius 3 is 2.47 bits per heavy atom. The summed E-state index contributed by atoms with van der Waals surface area (Å²) in [4.78, 5) is 29.5. The maximum absolute atomic E-state index is 12.8. The van der Waals surface area contributed by atoms with Gasteiger partial charge in [0.05, 0.1) is 0 Å². The van der Waals surface area contributed by atoms with E-state index in [-0.39, 0.29) is 5.91 Å². The van der Waals surface area contributed by atoms with Gasteiger partial charge in [-0.3, -0.25) is 20.4 Å². The van der Waals surface area contributed by atoms with Gasteiger partial charge < -0.3 is 4.98 Å². The van der Waals surface area contributed by atoms with E-state index in [0.29, 0.717) is 24.0 Å². The minimum atomic E-state index is -0.243. The fraction of sp³-hybridized carbons (Fsp3) is 0.200. The molecule has 0 fully saturated rings. The summed E-state index contributed by atoms with van der Waals surface area (Å²) in [6, 6.07) is 17.5. The van der Waals surface area contributed by atoms with E-state index in [0.717, 1.165) is 28.9 Å². The lowest BCUT2D eigenvalue weighted by molar-refractivity contribution is 0.0977. The van der Waals surface area contributed by atoms with E-state index in [4.69, 9.17) is 0 Å². The highest BCUT2D eigenvalue weighted by atomic mass is 16.1. The van der Waals surface area contributed by atoms with Crippen molar-refractivity contribution < 1.29 is 4.79 Å². The van der Waals surface area contributed by atoms with Crippen molar-refractivity contribution in [2.45, 2.75) is 27.2 Å². The third kappa shape index (κ3) is 5.18. The standard InChI is InChI=1S/C25H26N6O/c1-16-8-10-19(11-9-16)23(32)30-24(31-25-28-17(2)14-18(3)29-25)26-13-12-20-15-27-22-7-5-4-6-21(20)22/h4-11,14-15,27H,12-13H2,1-3H3,(H2,26,28,29,30,31,32). The van der Waals surface area contributed by atoms with Crippen LogP contribution >= 0.6 is 0 Å². The van der Waals surface area contributed by atoms with Gasteiger partial charge in [0.2, 0.25) is 11.9 Å². The number of carbonyl (C=O) groups is 1. The van der Waals surface area contributed by atoms with E-state index in [1.54, 1.807) is 12.1 Å². The SMILES string of the molecule is Cc1ccc(C(=O)NC(=NCCc2c[nH]c3ccccc23)Nc2nc(C)cc(C)n2)cc1. The number of aromatic nitrogens is 3. The third-order valence-corrected chi connectivity index (χ3v) is 5.08. The van der Waals surface area contributed by atoms with Gasteiger partial charge in [0, 0.05) is 40.6 Å². The molecule has 162 valence electrons. The van der Waals surface area contributed by atoms with Crippen molar-refractivity contribution in [3.05, 3.63) is 88.9 Å². The monoisotopic (exact) mass is 426 g/mol. The zero-order valence-electron chi connectivity index (χ0n) is 18.4. The van der Waals surface area contributed by atoms with E-state index in [9.17, 15) is 4.79 Å². The Balaban J connectivity index is 1.54. The zero-order valence-corrected chi connectivity index (χ0v) is 18.4. The first-order chi connectivity index (χ1) is 15.5. The number of rotatable bonds is 5. The number of fused-ring (bicyclic) bond motifs is 1. The van der Waals surface area contributed by atoms with Gasteiger partial charge in [-0.1, -0.05) is 35.9 Å². The van der Waals surface area contributed by atoms with Crippen molar-refractivity contribution in [3.63, 3.8) is 0 Å². The Kier molecular flexibility index (Phi) is 6.26. The molecule has 0 unspecified atom stereocenters. The fourth-order valence-electron chi connectivity index (χ4n) is 3.51. The van der Waals surface area contributed by atoms with E-state index < -0.39 is 0 Å². The number of nitrogens with zero attached hydrogens (tertiary/aromatic N) is 3. The topological polar surface area (TPSA) is 95.1 Å². The Morgan fingerprint density at radius 2 is 1.72 bits per heavy atom. The first kappa shape index (κ1) is 21.2. The first-order valence-corrected chi connectivity index (χ1v) is 10.5. The number of hydrogen-bond donors (Lipinski definition) is 3.